The van der Waals surface area contributed by atoms with Gasteiger partial charge in [-0.3, -0.25) is 4.79 Å². The van der Waals surface area contributed by atoms with Gasteiger partial charge in [0.25, 0.3) is 0 Å². The lowest BCUT2D eigenvalue weighted by molar-refractivity contribution is -0.149. The summed E-state index contributed by atoms with van der Waals surface area (Å²) in [4.78, 5) is 29.4. The van der Waals surface area contributed by atoms with Crippen molar-refractivity contribution in [3.8, 4) is 5.75 Å². The van der Waals surface area contributed by atoms with E-state index in [1.165, 1.54) is 0 Å². The van der Waals surface area contributed by atoms with Gasteiger partial charge in [0.15, 0.2) is 30.7 Å². The standard InChI is InChI=1S/C58H100O9Si3/c1-18-68(19-2,20-3)65-51-40-52(59)56(62-42-49-32-34-50(61-17)35-33-49)55(66-69(21-4,22-5)23-6)46(13)39-48(15)63-57(60)45(12)30-28-27-29-31-53-54(64-53)38-44(11)36-43(10)37-47(14)58(16,41-51)67-70(24-7,25-8)26-9/h29-35,37,44,46,48,51,53-56H,10,18-28,36,38-42H2,1-9,11-17H3/b31-29+,45-30+,47-37+/t44-,46-,48+,51-,53+,54+,55+,56+,58-/m1/s1. The molecule has 0 N–H and O–H groups in total. The third kappa shape index (κ3) is 18.2. The Kier molecular flexibility index (Phi) is 26.0. The van der Waals surface area contributed by atoms with E-state index in [1.54, 1.807) is 7.11 Å². The van der Waals surface area contributed by atoms with E-state index in [0.29, 0.717) is 24.3 Å². The Bertz CT molecular complexity index is 1820. The molecule has 0 aromatic heterocycles. The fraction of sp³-hybridized carbons (Fsp3) is 0.724. The Morgan fingerprint density at radius 1 is 0.757 bits per heavy atom. The van der Waals surface area contributed by atoms with E-state index in [1.807, 2.05) is 44.2 Å². The Labute approximate surface area is 430 Å². The number of rotatable bonds is 19. The van der Waals surface area contributed by atoms with Crippen molar-refractivity contribution in [1.29, 1.82) is 0 Å². The van der Waals surface area contributed by atoms with Crippen LogP contribution in [0.25, 0.3) is 0 Å². The van der Waals surface area contributed by atoms with Crippen molar-refractivity contribution in [1.82, 2.24) is 0 Å². The highest BCUT2D eigenvalue weighted by Gasteiger charge is 2.46. The van der Waals surface area contributed by atoms with Crippen LogP contribution in [0.1, 0.15) is 154 Å². The Hall–Kier alpha value is -2.43. The van der Waals surface area contributed by atoms with E-state index in [9.17, 15) is 4.79 Å². The topological polar surface area (TPSA) is 102 Å². The molecular formula is C58H100O9Si3. The Morgan fingerprint density at radius 3 is 1.89 bits per heavy atom. The van der Waals surface area contributed by atoms with Gasteiger partial charge in [-0.15, -0.1) is 0 Å². The van der Waals surface area contributed by atoms with Crippen LogP contribution in [0.4, 0.5) is 0 Å². The van der Waals surface area contributed by atoms with Gasteiger partial charge >= 0.3 is 5.97 Å². The summed E-state index contributed by atoms with van der Waals surface area (Å²) in [7, 11) is -5.19. The highest BCUT2D eigenvalue weighted by atomic mass is 28.4. The molecule has 398 valence electrons. The number of epoxide rings is 1. The first-order valence-corrected chi connectivity index (χ1v) is 35.2. The molecule has 0 radical (unpaired) electrons. The van der Waals surface area contributed by atoms with Crippen LogP contribution in [0.5, 0.6) is 5.75 Å². The first-order chi connectivity index (χ1) is 33.2. The second kappa shape index (κ2) is 29.5. The van der Waals surface area contributed by atoms with Crippen molar-refractivity contribution in [2.75, 3.05) is 7.11 Å². The van der Waals surface area contributed by atoms with E-state index in [4.69, 9.17) is 32.2 Å². The van der Waals surface area contributed by atoms with Crippen LogP contribution in [0, 0.1) is 11.8 Å². The molecule has 0 saturated carbocycles. The van der Waals surface area contributed by atoms with Crippen LogP contribution >= 0.6 is 0 Å². The number of cyclic esters (lactones) is 1. The molecule has 1 aromatic carbocycles. The molecule has 0 spiro atoms. The number of Topliss-reactive ketones (excluding diaryl/α,β-unsaturated/α-hetero) is 1. The monoisotopic (exact) mass is 1020 g/mol. The predicted molar refractivity (Wildman–Crippen MR) is 298 cm³/mol. The molecule has 1 fully saturated rings. The normalized spacial score (nSPS) is 29.8. The molecule has 0 aliphatic carbocycles. The maximum Gasteiger partial charge on any atom is 0.333 e. The third-order valence-corrected chi connectivity index (χ3v) is 30.5. The van der Waals surface area contributed by atoms with Gasteiger partial charge in [-0.05, 0) is 149 Å². The number of hydrogen-bond donors (Lipinski definition) is 0. The van der Waals surface area contributed by atoms with E-state index in [-0.39, 0.29) is 42.9 Å². The number of carbonyl (C=O) groups excluding carboxylic acids is 2. The molecule has 2 aliphatic rings. The number of methoxy groups -OCH3 is 1. The summed E-state index contributed by atoms with van der Waals surface area (Å²) in [6, 6.07) is 16.4. The maximum absolute atomic E-state index is 15.9. The van der Waals surface area contributed by atoms with Crippen molar-refractivity contribution >= 4 is 36.7 Å². The number of ether oxygens (including phenoxy) is 4. The van der Waals surface area contributed by atoms with Crippen LogP contribution in [0.15, 0.2) is 71.9 Å². The number of fused-ring (bicyclic) bond motifs is 1. The average Bonchev–Trinajstić information content (AvgIpc) is 4.09. The molecule has 0 amide bonds. The highest BCUT2D eigenvalue weighted by molar-refractivity contribution is 6.74. The summed E-state index contributed by atoms with van der Waals surface area (Å²) in [5.74, 6) is 0.586. The molecule has 12 heteroatoms. The molecule has 1 aromatic rings. The van der Waals surface area contributed by atoms with Crippen LogP contribution in [0.3, 0.4) is 0 Å². The van der Waals surface area contributed by atoms with Gasteiger partial charge in [-0.2, -0.15) is 0 Å². The molecule has 0 bridgehead atoms. The van der Waals surface area contributed by atoms with Crippen LogP contribution in [-0.4, -0.2) is 86.0 Å². The molecule has 70 heavy (non-hydrogen) atoms. The van der Waals surface area contributed by atoms with E-state index >= 15 is 4.79 Å². The minimum Gasteiger partial charge on any atom is -0.497 e. The van der Waals surface area contributed by atoms with Gasteiger partial charge in [0.2, 0.25) is 0 Å². The summed E-state index contributed by atoms with van der Waals surface area (Å²) >= 11 is 0. The van der Waals surface area contributed by atoms with Crippen molar-refractivity contribution in [2.24, 2.45) is 11.8 Å². The summed E-state index contributed by atoms with van der Waals surface area (Å²) in [6.45, 7) is 37.8. The average molecular weight is 1030 g/mol. The zero-order chi connectivity index (χ0) is 52.3. The maximum atomic E-state index is 15.9. The molecule has 9 nitrogen and oxygen atoms in total. The predicted octanol–water partition coefficient (Wildman–Crippen LogP) is 15.4. The Balaban J connectivity index is 2.31. The van der Waals surface area contributed by atoms with Gasteiger partial charge < -0.3 is 32.2 Å². The van der Waals surface area contributed by atoms with E-state index in [0.717, 1.165) is 103 Å². The molecular weight excluding hydrogens is 925 g/mol. The smallest absolute Gasteiger partial charge is 0.333 e. The lowest BCUT2D eigenvalue weighted by Crippen LogP contribution is -2.53. The second-order valence-corrected chi connectivity index (χ2v) is 35.5. The number of carbonyl (C=O) groups is 2. The quantitative estimate of drug-likeness (QED) is 0.0580. The van der Waals surface area contributed by atoms with Crippen molar-refractivity contribution in [3.63, 3.8) is 0 Å². The van der Waals surface area contributed by atoms with Gasteiger partial charge in [-0.25, -0.2) is 4.79 Å². The summed E-state index contributed by atoms with van der Waals surface area (Å²) in [6.07, 6.45) is 11.1. The zero-order valence-corrected chi connectivity index (χ0v) is 50.1. The molecule has 2 aliphatic heterocycles. The van der Waals surface area contributed by atoms with Crippen molar-refractivity contribution in [3.05, 3.63) is 77.4 Å². The van der Waals surface area contributed by atoms with Crippen molar-refractivity contribution < 1.29 is 41.8 Å². The second-order valence-electron chi connectivity index (χ2n) is 21.3. The first kappa shape index (κ1) is 61.9. The molecule has 1 saturated heterocycles. The molecule has 2 heterocycles. The van der Waals surface area contributed by atoms with Gasteiger partial charge in [0, 0.05) is 18.4 Å². The van der Waals surface area contributed by atoms with Crippen LogP contribution in [0.2, 0.25) is 54.4 Å². The van der Waals surface area contributed by atoms with Gasteiger partial charge in [0.05, 0.1) is 43.7 Å². The van der Waals surface area contributed by atoms with Crippen LogP contribution < -0.4 is 4.74 Å². The zero-order valence-electron chi connectivity index (χ0n) is 47.1. The number of benzene rings is 1. The lowest BCUT2D eigenvalue weighted by Gasteiger charge is -2.45. The number of esters is 1. The minimum atomic E-state index is -2.35. The largest absolute Gasteiger partial charge is 0.497 e. The van der Waals surface area contributed by atoms with Gasteiger partial charge in [-0.1, -0.05) is 125 Å². The summed E-state index contributed by atoms with van der Waals surface area (Å²) in [5.41, 5.74) is 3.01. The van der Waals surface area contributed by atoms with E-state index in [2.05, 4.69) is 115 Å². The highest BCUT2D eigenvalue weighted by Crippen LogP contribution is 2.40. The Morgan fingerprint density at radius 2 is 1.33 bits per heavy atom. The number of allylic oxidation sites excluding steroid dienone is 4. The fourth-order valence-electron chi connectivity index (χ4n) is 10.7. The number of ketones is 1. The van der Waals surface area contributed by atoms with Crippen molar-refractivity contribution in [2.45, 2.75) is 252 Å². The fourth-order valence-corrected chi connectivity index (χ4v) is 19.6. The number of hydrogen-bond acceptors (Lipinski definition) is 9. The lowest BCUT2D eigenvalue weighted by atomic mass is 9.85. The summed E-state index contributed by atoms with van der Waals surface area (Å²) in [5, 5.41) is 0. The minimum absolute atomic E-state index is 0.0282. The molecule has 0 unspecified atom stereocenters. The molecule has 3 rings (SSSR count). The SMILES string of the molecule is C=C1/C=C(\C)[C@](C)(O[Si](CC)(CC)CC)C[C@H](O[Si](CC)(CC)CC)CC(=O)[C@H](OCc2ccc(OC)cc2)[C@@H](O[Si](CC)(CC)CC)[C@H](C)C[C@H](C)OC(=O)/C(C)=C/CC/C=C/[C@@H]2O[C@H]2C[C@H](C)C1. The van der Waals surface area contributed by atoms with Gasteiger partial charge in [0.1, 0.15) is 18.0 Å². The first-order valence-electron chi connectivity index (χ1n) is 27.6. The van der Waals surface area contributed by atoms with E-state index < -0.39 is 55.0 Å². The molecule has 9 atom stereocenters. The third-order valence-electron chi connectivity index (χ3n) is 16.4. The van der Waals surface area contributed by atoms with Crippen LogP contribution in [-0.2, 0) is 43.7 Å². The summed E-state index contributed by atoms with van der Waals surface area (Å²) < 4.78 is 47.5.